The van der Waals surface area contributed by atoms with Gasteiger partial charge in [-0.05, 0) is 55.0 Å². The van der Waals surface area contributed by atoms with Crippen LogP contribution in [0.2, 0.25) is 0 Å². The Morgan fingerprint density at radius 2 is 2.03 bits per heavy atom. The summed E-state index contributed by atoms with van der Waals surface area (Å²) >= 11 is 0. The second-order valence-electron chi connectivity index (χ2n) is 8.09. The number of hydrogen-bond donors (Lipinski definition) is 2. The Labute approximate surface area is 171 Å². The zero-order chi connectivity index (χ0) is 19.8. The first-order valence-corrected chi connectivity index (χ1v) is 10.3. The van der Waals surface area contributed by atoms with Crippen LogP contribution in [0.15, 0.2) is 42.9 Å². The van der Waals surface area contributed by atoms with E-state index < -0.39 is 0 Å². The normalized spacial score (nSPS) is 15.8. The average molecular weight is 387 g/mol. The van der Waals surface area contributed by atoms with Crippen molar-refractivity contribution in [2.24, 2.45) is 0 Å². The number of nitrogen functional groups attached to an aromatic ring is 1. The highest BCUT2D eigenvalue weighted by Crippen LogP contribution is 2.39. The molecule has 0 bridgehead atoms. The third-order valence-corrected chi connectivity index (χ3v) is 5.86. The van der Waals surface area contributed by atoms with Crippen molar-refractivity contribution in [2.45, 2.75) is 45.2 Å². The number of fused-ring (bicyclic) bond motifs is 1. The minimum atomic E-state index is 0.654. The van der Waals surface area contributed by atoms with Crippen LogP contribution in [-0.4, -0.2) is 21.5 Å². The zero-order valence-corrected chi connectivity index (χ0v) is 16.7. The van der Waals surface area contributed by atoms with E-state index in [1.165, 1.54) is 24.0 Å². The van der Waals surface area contributed by atoms with Crippen LogP contribution in [-0.2, 0) is 19.5 Å². The average Bonchev–Trinajstić information content (AvgIpc) is 3.58. The lowest BCUT2D eigenvalue weighted by atomic mass is 10.0. The van der Waals surface area contributed by atoms with Crippen LogP contribution in [0.5, 0.6) is 0 Å². The highest BCUT2D eigenvalue weighted by molar-refractivity contribution is 5.69. The van der Waals surface area contributed by atoms with Crippen molar-refractivity contribution < 1.29 is 0 Å². The van der Waals surface area contributed by atoms with Gasteiger partial charge in [-0.15, -0.1) is 0 Å². The van der Waals surface area contributed by atoms with E-state index in [0.717, 1.165) is 59.6 Å². The number of aromatic nitrogens is 3. The SMILES string of the molecule is Cc1ccc(N2CCc3ncnc(NCc4ccc(C5CC5)cn4)c3C2)c(N)c1. The van der Waals surface area contributed by atoms with Crippen molar-refractivity contribution >= 4 is 17.2 Å². The van der Waals surface area contributed by atoms with Crippen molar-refractivity contribution in [1.82, 2.24) is 15.0 Å². The number of aryl methyl sites for hydroxylation is 1. The summed E-state index contributed by atoms with van der Waals surface area (Å²) in [6.45, 7) is 4.37. The molecule has 3 heterocycles. The van der Waals surface area contributed by atoms with Crippen molar-refractivity contribution in [3.8, 4) is 0 Å². The Morgan fingerprint density at radius 1 is 1.14 bits per heavy atom. The van der Waals surface area contributed by atoms with Gasteiger partial charge in [-0.25, -0.2) is 9.97 Å². The summed E-state index contributed by atoms with van der Waals surface area (Å²) < 4.78 is 0. The minimum Gasteiger partial charge on any atom is -0.397 e. The number of hydrogen-bond acceptors (Lipinski definition) is 6. The molecule has 1 aromatic carbocycles. The van der Waals surface area contributed by atoms with Crippen molar-refractivity contribution in [2.75, 3.05) is 22.5 Å². The van der Waals surface area contributed by atoms with Gasteiger partial charge < -0.3 is 16.0 Å². The van der Waals surface area contributed by atoms with Crippen LogP contribution in [0.25, 0.3) is 0 Å². The van der Waals surface area contributed by atoms with Gasteiger partial charge in [-0.3, -0.25) is 4.98 Å². The summed E-state index contributed by atoms with van der Waals surface area (Å²) in [4.78, 5) is 16.0. The third-order valence-electron chi connectivity index (χ3n) is 5.86. The van der Waals surface area contributed by atoms with E-state index >= 15 is 0 Å². The monoisotopic (exact) mass is 386 g/mol. The third kappa shape index (κ3) is 3.75. The lowest BCUT2D eigenvalue weighted by Crippen LogP contribution is -2.32. The first-order chi connectivity index (χ1) is 14.2. The molecule has 1 fully saturated rings. The van der Waals surface area contributed by atoms with Crippen LogP contribution in [0.4, 0.5) is 17.2 Å². The molecule has 0 spiro atoms. The molecule has 3 aromatic rings. The maximum Gasteiger partial charge on any atom is 0.134 e. The summed E-state index contributed by atoms with van der Waals surface area (Å²) in [6.07, 6.45) is 7.16. The lowest BCUT2D eigenvalue weighted by Gasteiger charge is -2.32. The molecule has 3 N–H and O–H groups in total. The summed E-state index contributed by atoms with van der Waals surface area (Å²) in [5.41, 5.74) is 14.0. The molecule has 2 aliphatic rings. The van der Waals surface area contributed by atoms with E-state index in [2.05, 4.69) is 56.4 Å². The maximum absolute atomic E-state index is 6.29. The van der Waals surface area contributed by atoms with E-state index in [9.17, 15) is 0 Å². The summed E-state index contributed by atoms with van der Waals surface area (Å²) in [5.74, 6) is 1.62. The second-order valence-corrected chi connectivity index (χ2v) is 8.09. The number of pyridine rings is 1. The van der Waals surface area contributed by atoms with Crippen LogP contribution in [0.1, 0.15) is 46.8 Å². The Morgan fingerprint density at radius 3 is 2.79 bits per heavy atom. The number of benzene rings is 1. The molecule has 0 atom stereocenters. The quantitative estimate of drug-likeness (QED) is 0.649. The fraction of sp³-hybridized carbons (Fsp3) is 0.348. The molecule has 0 amide bonds. The largest absolute Gasteiger partial charge is 0.397 e. The lowest BCUT2D eigenvalue weighted by molar-refractivity contribution is 0.706. The fourth-order valence-electron chi connectivity index (χ4n) is 4.03. The summed E-state index contributed by atoms with van der Waals surface area (Å²) in [6, 6.07) is 10.6. The van der Waals surface area contributed by atoms with E-state index in [0.29, 0.717) is 6.54 Å². The first-order valence-electron chi connectivity index (χ1n) is 10.3. The predicted molar refractivity (Wildman–Crippen MR) is 116 cm³/mol. The molecule has 1 aliphatic heterocycles. The van der Waals surface area contributed by atoms with Crippen LogP contribution in [0, 0.1) is 6.92 Å². The van der Waals surface area contributed by atoms with Gasteiger partial charge >= 0.3 is 0 Å². The summed E-state index contributed by atoms with van der Waals surface area (Å²) in [5, 5.41) is 3.48. The smallest absolute Gasteiger partial charge is 0.134 e. The molecule has 5 rings (SSSR count). The van der Waals surface area contributed by atoms with Gasteiger partial charge in [0.2, 0.25) is 0 Å². The van der Waals surface area contributed by atoms with Gasteiger partial charge in [-0.1, -0.05) is 12.1 Å². The Balaban J connectivity index is 1.33. The van der Waals surface area contributed by atoms with Gasteiger partial charge in [0.25, 0.3) is 0 Å². The second kappa shape index (κ2) is 7.35. The highest BCUT2D eigenvalue weighted by atomic mass is 15.2. The molecule has 29 heavy (non-hydrogen) atoms. The van der Waals surface area contributed by atoms with Crippen molar-refractivity contribution in [1.29, 1.82) is 0 Å². The number of anilines is 3. The number of rotatable bonds is 5. The molecule has 0 radical (unpaired) electrons. The molecule has 6 heteroatoms. The van der Waals surface area contributed by atoms with E-state index in [1.54, 1.807) is 6.33 Å². The van der Waals surface area contributed by atoms with Crippen LogP contribution >= 0.6 is 0 Å². The van der Waals surface area contributed by atoms with Gasteiger partial charge in [0.05, 0.1) is 29.3 Å². The van der Waals surface area contributed by atoms with Gasteiger partial charge in [-0.2, -0.15) is 0 Å². The molecular formula is C23H26N6. The van der Waals surface area contributed by atoms with Crippen LogP contribution in [0.3, 0.4) is 0 Å². The number of nitrogens with one attached hydrogen (secondary N) is 1. The Hall–Kier alpha value is -3.15. The van der Waals surface area contributed by atoms with Crippen molar-refractivity contribution in [3.63, 3.8) is 0 Å². The minimum absolute atomic E-state index is 0.654. The molecule has 0 unspecified atom stereocenters. The molecule has 1 aliphatic carbocycles. The first kappa shape index (κ1) is 17.9. The molecule has 148 valence electrons. The van der Waals surface area contributed by atoms with Gasteiger partial charge in [0.15, 0.2) is 0 Å². The van der Waals surface area contributed by atoms with E-state index in [-0.39, 0.29) is 0 Å². The van der Waals surface area contributed by atoms with E-state index in [4.69, 9.17) is 5.73 Å². The molecule has 0 saturated heterocycles. The molecular weight excluding hydrogens is 360 g/mol. The number of nitrogens with zero attached hydrogens (tertiary/aromatic N) is 4. The van der Waals surface area contributed by atoms with Crippen molar-refractivity contribution in [3.05, 3.63) is 70.9 Å². The van der Waals surface area contributed by atoms with Gasteiger partial charge in [0.1, 0.15) is 12.1 Å². The Bertz CT molecular complexity index is 1030. The predicted octanol–water partition coefficient (Wildman–Crippen LogP) is 3.81. The molecule has 6 nitrogen and oxygen atoms in total. The topological polar surface area (TPSA) is 80.0 Å². The van der Waals surface area contributed by atoms with Crippen LogP contribution < -0.4 is 16.0 Å². The zero-order valence-electron chi connectivity index (χ0n) is 16.7. The highest BCUT2D eigenvalue weighted by Gasteiger charge is 2.24. The number of nitrogens with two attached hydrogens (primary N) is 1. The summed E-state index contributed by atoms with van der Waals surface area (Å²) in [7, 11) is 0. The molecule has 1 saturated carbocycles. The molecule has 2 aromatic heterocycles. The fourth-order valence-corrected chi connectivity index (χ4v) is 4.03. The standard InChI is InChI=1S/C23H26N6/c1-15-2-7-22(20(24)10-15)29-9-8-21-19(13-29)23(28-14-27-21)26-12-18-6-5-17(11-25-18)16-3-4-16/h2,5-7,10-11,14,16H,3-4,8-9,12-13,24H2,1H3,(H,26,27,28). The maximum atomic E-state index is 6.29. The van der Waals surface area contributed by atoms with E-state index in [1.807, 2.05) is 12.3 Å². The Kier molecular flexibility index (Phi) is 4.54. The van der Waals surface area contributed by atoms with Gasteiger partial charge in [0, 0.05) is 31.3 Å².